The first-order valence-electron chi connectivity index (χ1n) is 7.57. The summed E-state index contributed by atoms with van der Waals surface area (Å²) < 4.78 is 0. The summed E-state index contributed by atoms with van der Waals surface area (Å²) in [5.74, 6) is -1.38. The molecule has 0 aliphatic rings. The third-order valence-corrected chi connectivity index (χ3v) is 3.13. The Balaban J connectivity index is 3.88. The number of aliphatic carboxylic acids is 1. The van der Waals surface area contributed by atoms with E-state index in [1.165, 1.54) is 6.42 Å². The Labute approximate surface area is 126 Å². The van der Waals surface area contributed by atoms with Crippen LogP contribution in [0, 0.1) is 5.41 Å². The first kappa shape index (κ1) is 19.2. The van der Waals surface area contributed by atoms with Crippen molar-refractivity contribution < 1.29 is 14.7 Å². The Morgan fingerprint density at radius 1 is 1.19 bits per heavy atom. The molecule has 0 saturated heterocycles. The van der Waals surface area contributed by atoms with Gasteiger partial charge in [-0.3, -0.25) is 10.2 Å². The fourth-order valence-electron chi connectivity index (χ4n) is 1.94. The van der Waals surface area contributed by atoms with Crippen molar-refractivity contribution in [2.45, 2.75) is 64.3 Å². The number of nitrogens with two attached hydrogens (primary N) is 1. The van der Waals surface area contributed by atoms with Gasteiger partial charge in [0, 0.05) is 13.0 Å². The standard InChI is InChI=1S/C14H28N4O3/c1-2-3-4-5-6-9-12(19)18-11(13(20)21)8-7-10-17-14(15)16/h11H,2-10H2,1H3,(H,18,19)(H,20,21)(H4,15,16,17). The molecule has 0 radical (unpaired) electrons. The van der Waals surface area contributed by atoms with Gasteiger partial charge in [0.05, 0.1) is 0 Å². The average molecular weight is 300 g/mol. The van der Waals surface area contributed by atoms with Crippen molar-refractivity contribution in [1.82, 2.24) is 10.6 Å². The molecule has 0 heterocycles. The largest absolute Gasteiger partial charge is 0.480 e. The summed E-state index contributed by atoms with van der Waals surface area (Å²) in [7, 11) is 0. The fraction of sp³-hybridized carbons (Fsp3) is 0.786. The summed E-state index contributed by atoms with van der Waals surface area (Å²) in [6, 6.07) is -0.873. The molecular weight excluding hydrogens is 272 g/mol. The minimum Gasteiger partial charge on any atom is -0.480 e. The molecule has 0 aromatic heterocycles. The maximum atomic E-state index is 11.7. The van der Waals surface area contributed by atoms with E-state index >= 15 is 0 Å². The predicted octanol–water partition coefficient (Wildman–Crippen LogP) is 1.18. The van der Waals surface area contributed by atoms with Crippen LogP contribution in [0.15, 0.2) is 0 Å². The molecule has 6 N–H and O–H groups in total. The van der Waals surface area contributed by atoms with Gasteiger partial charge in [-0.2, -0.15) is 0 Å². The zero-order valence-electron chi connectivity index (χ0n) is 12.8. The van der Waals surface area contributed by atoms with Crippen LogP contribution in [-0.2, 0) is 9.59 Å². The predicted molar refractivity (Wildman–Crippen MR) is 82.1 cm³/mol. The molecule has 7 heteroatoms. The Bertz CT molecular complexity index is 334. The molecule has 0 saturated carbocycles. The molecule has 21 heavy (non-hydrogen) atoms. The lowest BCUT2D eigenvalue weighted by atomic mass is 10.1. The molecule has 1 atom stereocenters. The van der Waals surface area contributed by atoms with E-state index < -0.39 is 12.0 Å². The minimum atomic E-state index is -1.03. The number of nitrogens with one attached hydrogen (secondary N) is 3. The van der Waals surface area contributed by atoms with Gasteiger partial charge in [0.2, 0.25) is 5.91 Å². The van der Waals surface area contributed by atoms with Gasteiger partial charge in [-0.15, -0.1) is 0 Å². The molecule has 122 valence electrons. The number of carboxylic acid groups (broad SMARTS) is 1. The Hall–Kier alpha value is -1.79. The number of guanidine groups is 1. The topological polar surface area (TPSA) is 128 Å². The highest BCUT2D eigenvalue weighted by molar-refractivity contribution is 5.83. The fourth-order valence-corrected chi connectivity index (χ4v) is 1.94. The second kappa shape index (κ2) is 12.0. The maximum Gasteiger partial charge on any atom is 0.326 e. The summed E-state index contributed by atoms with van der Waals surface area (Å²) in [6.45, 7) is 2.55. The summed E-state index contributed by atoms with van der Waals surface area (Å²) in [5.41, 5.74) is 5.13. The zero-order valence-corrected chi connectivity index (χ0v) is 12.8. The smallest absolute Gasteiger partial charge is 0.326 e. The lowest BCUT2D eigenvalue weighted by molar-refractivity contribution is -0.142. The monoisotopic (exact) mass is 300 g/mol. The zero-order chi connectivity index (χ0) is 16.1. The Morgan fingerprint density at radius 3 is 2.43 bits per heavy atom. The van der Waals surface area contributed by atoms with Crippen molar-refractivity contribution in [1.29, 1.82) is 5.41 Å². The van der Waals surface area contributed by atoms with Crippen LogP contribution in [0.25, 0.3) is 0 Å². The number of amides is 1. The van der Waals surface area contributed by atoms with Crippen molar-refractivity contribution in [2.75, 3.05) is 6.54 Å². The minimum absolute atomic E-state index is 0.141. The summed E-state index contributed by atoms with van der Waals surface area (Å²) in [6.07, 6.45) is 6.45. The molecule has 1 unspecified atom stereocenters. The molecule has 0 aromatic carbocycles. The maximum absolute atomic E-state index is 11.7. The molecular formula is C14H28N4O3. The Kier molecular flexibility index (Phi) is 11.0. The SMILES string of the molecule is CCCCCCCC(=O)NC(CCCNC(=N)N)C(=O)O. The van der Waals surface area contributed by atoms with Crippen LogP contribution in [0.2, 0.25) is 0 Å². The molecule has 0 fully saturated rings. The first-order chi connectivity index (χ1) is 9.97. The van der Waals surface area contributed by atoms with Gasteiger partial charge >= 0.3 is 5.97 Å². The molecule has 0 bridgehead atoms. The summed E-state index contributed by atoms with van der Waals surface area (Å²) in [4.78, 5) is 22.8. The highest BCUT2D eigenvalue weighted by Gasteiger charge is 2.18. The van der Waals surface area contributed by atoms with Gasteiger partial charge in [0.25, 0.3) is 0 Å². The van der Waals surface area contributed by atoms with Crippen LogP contribution < -0.4 is 16.4 Å². The Morgan fingerprint density at radius 2 is 1.86 bits per heavy atom. The van der Waals surface area contributed by atoms with E-state index in [-0.39, 0.29) is 11.9 Å². The highest BCUT2D eigenvalue weighted by Crippen LogP contribution is 2.05. The van der Waals surface area contributed by atoms with Crippen molar-refractivity contribution >= 4 is 17.8 Å². The van der Waals surface area contributed by atoms with Crippen LogP contribution in [0.4, 0.5) is 0 Å². The van der Waals surface area contributed by atoms with Gasteiger partial charge in [-0.05, 0) is 19.3 Å². The van der Waals surface area contributed by atoms with E-state index in [9.17, 15) is 9.59 Å². The van der Waals surface area contributed by atoms with E-state index in [2.05, 4.69) is 17.6 Å². The second-order valence-electron chi connectivity index (χ2n) is 5.11. The number of unbranched alkanes of at least 4 members (excludes halogenated alkanes) is 4. The average Bonchev–Trinajstić information content (AvgIpc) is 2.41. The van der Waals surface area contributed by atoms with E-state index in [0.29, 0.717) is 25.8 Å². The number of rotatable bonds is 12. The lowest BCUT2D eigenvalue weighted by Crippen LogP contribution is -2.41. The van der Waals surface area contributed by atoms with Crippen molar-refractivity contribution in [3.05, 3.63) is 0 Å². The van der Waals surface area contributed by atoms with E-state index in [4.69, 9.17) is 16.2 Å². The molecule has 7 nitrogen and oxygen atoms in total. The van der Waals surface area contributed by atoms with Gasteiger partial charge in [-0.1, -0.05) is 32.6 Å². The molecule has 0 aromatic rings. The molecule has 0 spiro atoms. The van der Waals surface area contributed by atoms with Crippen LogP contribution in [0.3, 0.4) is 0 Å². The lowest BCUT2D eigenvalue weighted by Gasteiger charge is -2.14. The molecule has 1 amide bonds. The van der Waals surface area contributed by atoms with E-state index in [1.807, 2.05) is 0 Å². The van der Waals surface area contributed by atoms with Crippen LogP contribution >= 0.6 is 0 Å². The first-order valence-corrected chi connectivity index (χ1v) is 7.57. The van der Waals surface area contributed by atoms with Gasteiger partial charge in [0.1, 0.15) is 6.04 Å². The van der Waals surface area contributed by atoms with E-state index in [0.717, 1.165) is 25.7 Å². The normalized spacial score (nSPS) is 11.7. The van der Waals surface area contributed by atoms with Crippen LogP contribution in [-0.4, -0.2) is 35.5 Å². The molecule has 0 rings (SSSR count). The van der Waals surface area contributed by atoms with E-state index in [1.54, 1.807) is 0 Å². The molecule has 0 aliphatic heterocycles. The number of carbonyl (C=O) groups is 2. The van der Waals surface area contributed by atoms with Gasteiger partial charge in [0.15, 0.2) is 5.96 Å². The summed E-state index contributed by atoms with van der Waals surface area (Å²) in [5, 5.41) is 21.2. The van der Waals surface area contributed by atoms with Gasteiger partial charge < -0.3 is 21.5 Å². The third-order valence-electron chi connectivity index (χ3n) is 3.13. The van der Waals surface area contributed by atoms with Gasteiger partial charge in [-0.25, -0.2) is 4.79 Å². The number of hydrogen-bond acceptors (Lipinski definition) is 3. The van der Waals surface area contributed by atoms with Crippen molar-refractivity contribution in [3.8, 4) is 0 Å². The quantitative estimate of drug-likeness (QED) is 0.210. The molecule has 0 aliphatic carbocycles. The number of hydrogen-bond donors (Lipinski definition) is 5. The van der Waals surface area contributed by atoms with Crippen molar-refractivity contribution in [2.24, 2.45) is 5.73 Å². The highest BCUT2D eigenvalue weighted by atomic mass is 16.4. The number of carbonyl (C=O) groups excluding carboxylic acids is 1. The second-order valence-corrected chi connectivity index (χ2v) is 5.11. The number of carboxylic acids is 1. The third kappa shape index (κ3) is 11.7. The van der Waals surface area contributed by atoms with Crippen LogP contribution in [0.5, 0.6) is 0 Å². The van der Waals surface area contributed by atoms with Crippen molar-refractivity contribution in [3.63, 3.8) is 0 Å². The summed E-state index contributed by atoms with van der Waals surface area (Å²) >= 11 is 0. The van der Waals surface area contributed by atoms with Crippen LogP contribution in [0.1, 0.15) is 58.3 Å².